The highest BCUT2D eigenvalue weighted by molar-refractivity contribution is 5.75. The van der Waals surface area contributed by atoms with Crippen molar-refractivity contribution in [1.29, 1.82) is 0 Å². The van der Waals surface area contributed by atoms with Gasteiger partial charge >= 0.3 is 6.09 Å². The van der Waals surface area contributed by atoms with Crippen molar-refractivity contribution in [1.82, 2.24) is 15.5 Å². The van der Waals surface area contributed by atoms with Gasteiger partial charge in [-0.25, -0.2) is 4.79 Å². The first-order chi connectivity index (χ1) is 16.2. The summed E-state index contributed by atoms with van der Waals surface area (Å²) in [7, 11) is 0. The van der Waals surface area contributed by atoms with Crippen LogP contribution in [0.5, 0.6) is 0 Å². The lowest BCUT2D eigenvalue weighted by molar-refractivity contribution is -0.121. The van der Waals surface area contributed by atoms with Crippen molar-refractivity contribution >= 4 is 17.7 Å². The number of benzene rings is 2. The van der Waals surface area contributed by atoms with Gasteiger partial charge in [0.1, 0.15) is 6.61 Å². The van der Waals surface area contributed by atoms with Gasteiger partial charge in [0.05, 0.1) is 0 Å². The van der Waals surface area contributed by atoms with Crippen LogP contribution < -0.4 is 15.5 Å². The average Bonchev–Trinajstić information content (AvgIpc) is 2.87. The minimum atomic E-state index is -0.455. The summed E-state index contributed by atoms with van der Waals surface area (Å²) in [4.78, 5) is 28.6. The third-order valence-electron chi connectivity index (χ3n) is 5.78. The standard InChI is InChI=1S/C26H36N4O3/c31-25(14-9-16-28-26(32)33-22-23-10-3-1-4-11-23)27-15-7-8-17-29-18-20-30(21-19-29)24-12-5-2-6-13-24/h1-6,10-13H,7-9,14-22H2,(H,27,31)(H,28,32). The van der Waals surface area contributed by atoms with E-state index in [-0.39, 0.29) is 12.5 Å². The van der Waals surface area contributed by atoms with Crippen molar-refractivity contribution < 1.29 is 14.3 Å². The molecule has 1 aliphatic rings. The number of carbonyl (C=O) groups excluding carboxylic acids is 2. The summed E-state index contributed by atoms with van der Waals surface area (Å²) in [6, 6.07) is 20.1. The van der Waals surface area contributed by atoms with Gasteiger partial charge in [0.2, 0.25) is 5.91 Å². The number of alkyl carbamates (subject to hydrolysis) is 1. The lowest BCUT2D eigenvalue weighted by Crippen LogP contribution is -2.46. The molecule has 2 N–H and O–H groups in total. The molecule has 3 rings (SSSR count). The summed E-state index contributed by atoms with van der Waals surface area (Å²) >= 11 is 0. The number of rotatable bonds is 12. The van der Waals surface area contributed by atoms with Crippen LogP contribution in [0.25, 0.3) is 0 Å². The lowest BCUT2D eigenvalue weighted by Gasteiger charge is -2.36. The summed E-state index contributed by atoms with van der Waals surface area (Å²) in [6.45, 7) is 6.75. The van der Waals surface area contributed by atoms with E-state index in [0.717, 1.165) is 51.1 Å². The smallest absolute Gasteiger partial charge is 0.407 e. The molecule has 2 aromatic carbocycles. The molecule has 33 heavy (non-hydrogen) atoms. The van der Waals surface area contributed by atoms with Crippen LogP contribution in [-0.2, 0) is 16.1 Å². The number of ether oxygens (including phenoxy) is 1. The van der Waals surface area contributed by atoms with E-state index < -0.39 is 6.09 Å². The fourth-order valence-electron chi connectivity index (χ4n) is 3.86. The van der Waals surface area contributed by atoms with Gasteiger partial charge in [-0.05, 0) is 43.5 Å². The number of carbonyl (C=O) groups is 2. The molecule has 1 saturated heterocycles. The molecule has 2 amide bonds. The van der Waals surface area contributed by atoms with Crippen LogP contribution in [0.2, 0.25) is 0 Å². The van der Waals surface area contributed by atoms with Gasteiger partial charge in [-0.2, -0.15) is 0 Å². The van der Waals surface area contributed by atoms with E-state index in [1.807, 2.05) is 30.3 Å². The second-order valence-corrected chi connectivity index (χ2v) is 8.31. The Balaban J connectivity index is 1.14. The molecule has 1 heterocycles. The van der Waals surface area contributed by atoms with Crippen LogP contribution in [0.15, 0.2) is 60.7 Å². The Labute approximate surface area is 197 Å². The Hall–Kier alpha value is -3.06. The quantitative estimate of drug-likeness (QED) is 0.483. The Morgan fingerprint density at radius 2 is 1.45 bits per heavy atom. The van der Waals surface area contributed by atoms with Gasteiger partial charge in [-0.15, -0.1) is 0 Å². The number of para-hydroxylation sites is 1. The first-order valence-electron chi connectivity index (χ1n) is 11.9. The molecule has 2 aromatic rings. The van der Waals surface area contributed by atoms with Crippen molar-refractivity contribution in [2.45, 2.75) is 32.3 Å². The first-order valence-corrected chi connectivity index (χ1v) is 11.9. The molecule has 0 atom stereocenters. The number of hydrogen-bond donors (Lipinski definition) is 2. The molecular formula is C26H36N4O3. The molecule has 1 fully saturated rings. The molecule has 1 aliphatic heterocycles. The van der Waals surface area contributed by atoms with Gasteiger partial charge in [-0.3, -0.25) is 9.69 Å². The van der Waals surface area contributed by atoms with E-state index in [0.29, 0.717) is 25.9 Å². The van der Waals surface area contributed by atoms with Crippen LogP contribution in [0, 0.1) is 0 Å². The highest BCUT2D eigenvalue weighted by Gasteiger charge is 2.16. The SMILES string of the molecule is O=C(CCCNC(=O)OCc1ccccc1)NCCCCN1CCN(c2ccccc2)CC1. The summed E-state index contributed by atoms with van der Waals surface area (Å²) in [5.41, 5.74) is 2.25. The van der Waals surface area contributed by atoms with E-state index >= 15 is 0 Å². The van der Waals surface area contributed by atoms with E-state index in [1.165, 1.54) is 5.69 Å². The second kappa shape index (κ2) is 14.2. The minimum absolute atomic E-state index is 0.0333. The number of hydrogen-bond acceptors (Lipinski definition) is 5. The third-order valence-corrected chi connectivity index (χ3v) is 5.78. The van der Waals surface area contributed by atoms with Gasteiger partial charge < -0.3 is 20.3 Å². The number of piperazine rings is 1. The summed E-state index contributed by atoms with van der Waals surface area (Å²) < 4.78 is 5.15. The molecule has 7 heteroatoms. The van der Waals surface area contributed by atoms with Crippen LogP contribution in [-0.4, -0.2) is 62.7 Å². The van der Waals surface area contributed by atoms with Gasteiger partial charge in [0.15, 0.2) is 0 Å². The number of nitrogens with one attached hydrogen (secondary N) is 2. The highest BCUT2D eigenvalue weighted by atomic mass is 16.5. The average molecular weight is 453 g/mol. The van der Waals surface area contributed by atoms with E-state index in [4.69, 9.17) is 4.74 Å². The number of amides is 2. The van der Waals surface area contributed by atoms with Crippen LogP contribution in [0.3, 0.4) is 0 Å². The first kappa shape index (κ1) is 24.6. The molecule has 7 nitrogen and oxygen atoms in total. The molecule has 0 aromatic heterocycles. The topological polar surface area (TPSA) is 73.9 Å². The Morgan fingerprint density at radius 1 is 0.788 bits per heavy atom. The van der Waals surface area contributed by atoms with Gasteiger partial charge in [0.25, 0.3) is 0 Å². The predicted molar refractivity (Wildman–Crippen MR) is 131 cm³/mol. The molecule has 0 radical (unpaired) electrons. The zero-order chi connectivity index (χ0) is 23.1. The van der Waals surface area contributed by atoms with Crippen molar-refractivity contribution in [3.8, 4) is 0 Å². The van der Waals surface area contributed by atoms with E-state index in [9.17, 15) is 9.59 Å². The van der Waals surface area contributed by atoms with Crippen LogP contribution in [0.4, 0.5) is 10.5 Å². The van der Waals surface area contributed by atoms with Gasteiger partial charge in [0, 0.05) is 51.4 Å². The monoisotopic (exact) mass is 452 g/mol. The van der Waals surface area contributed by atoms with Crippen LogP contribution >= 0.6 is 0 Å². The Bertz CT molecular complexity index is 824. The lowest BCUT2D eigenvalue weighted by atomic mass is 10.2. The Kier molecular flexibility index (Phi) is 10.5. The molecule has 0 aliphatic carbocycles. The largest absolute Gasteiger partial charge is 0.445 e. The van der Waals surface area contributed by atoms with Crippen molar-refractivity contribution in [2.75, 3.05) is 50.7 Å². The minimum Gasteiger partial charge on any atom is -0.445 e. The number of anilines is 1. The normalized spacial score (nSPS) is 14.0. The third kappa shape index (κ3) is 9.53. The highest BCUT2D eigenvalue weighted by Crippen LogP contribution is 2.15. The maximum absolute atomic E-state index is 12.0. The zero-order valence-electron chi connectivity index (χ0n) is 19.4. The molecule has 0 unspecified atom stereocenters. The van der Waals surface area contributed by atoms with Crippen LogP contribution in [0.1, 0.15) is 31.2 Å². The molecule has 0 bridgehead atoms. The predicted octanol–water partition coefficient (Wildman–Crippen LogP) is 3.41. The van der Waals surface area contributed by atoms with Gasteiger partial charge in [-0.1, -0.05) is 48.5 Å². The molecule has 0 spiro atoms. The number of unbranched alkanes of at least 4 members (excludes halogenated alkanes) is 1. The van der Waals surface area contributed by atoms with E-state index in [1.54, 1.807) is 0 Å². The summed E-state index contributed by atoms with van der Waals surface area (Å²) in [5, 5.41) is 5.66. The zero-order valence-corrected chi connectivity index (χ0v) is 19.4. The van der Waals surface area contributed by atoms with E-state index in [2.05, 4.69) is 50.8 Å². The fourth-order valence-corrected chi connectivity index (χ4v) is 3.86. The maximum atomic E-state index is 12.0. The molecule has 178 valence electrons. The molecular weight excluding hydrogens is 416 g/mol. The second-order valence-electron chi connectivity index (χ2n) is 8.31. The summed E-state index contributed by atoms with van der Waals surface area (Å²) in [6.07, 6.45) is 2.61. The maximum Gasteiger partial charge on any atom is 0.407 e. The molecule has 0 saturated carbocycles. The van der Waals surface area contributed by atoms with Crippen molar-refractivity contribution in [3.05, 3.63) is 66.2 Å². The van der Waals surface area contributed by atoms with Crippen molar-refractivity contribution in [3.63, 3.8) is 0 Å². The van der Waals surface area contributed by atoms with Crippen molar-refractivity contribution in [2.24, 2.45) is 0 Å². The summed E-state index contributed by atoms with van der Waals surface area (Å²) in [5.74, 6) is 0.0333. The Morgan fingerprint density at radius 3 is 2.18 bits per heavy atom. The fraction of sp³-hybridized carbons (Fsp3) is 0.462. The number of nitrogens with zero attached hydrogens (tertiary/aromatic N) is 2.